The van der Waals surface area contributed by atoms with Crippen molar-refractivity contribution >= 4 is 0 Å². The van der Waals surface area contributed by atoms with Crippen LogP contribution in [0.25, 0.3) is 0 Å². The van der Waals surface area contributed by atoms with Gasteiger partial charge in [-0.3, -0.25) is 0 Å². The summed E-state index contributed by atoms with van der Waals surface area (Å²) in [5.74, 6) is 0. The number of rotatable bonds is 0. The van der Waals surface area contributed by atoms with Crippen LogP contribution in [0.2, 0.25) is 0 Å². The molecule has 1 aliphatic heterocycles. The highest BCUT2D eigenvalue weighted by atomic mass is 16.5. The summed E-state index contributed by atoms with van der Waals surface area (Å²) in [6.07, 6.45) is 5.28. The summed E-state index contributed by atoms with van der Waals surface area (Å²) >= 11 is 0. The molecule has 0 spiro atoms. The molecule has 0 atom stereocenters. The molecule has 0 aromatic heterocycles. The van der Waals surface area contributed by atoms with E-state index in [4.69, 9.17) is 4.74 Å². The molecule has 0 radical (unpaired) electrons. The van der Waals surface area contributed by atoms with Gasteiger partial charge in [0.2, 0.25) is 0 Å². The summed E-state index contributed by atoms with van der Waals surface area (Å²) in [5.41, 5.74) is 0. The fraction of sp³-hybridized carbons (Fsp3) is 1.00. The molecule has 0 aliphatic carbocycles. The van der Waals surface area contributed by atoms with Gasteiger partial charge in [0.05, 0.1) is 6.61 Å². The Bertz CT molecular complexity index is 42.4. The van der Waals surface area contributed by atoms with Crippen LogP contribution in [0, 0.1) is 0 Å². The highest BCUT2D eigenvalue weighted by molar-refractivity contribution is 4.51. The second-order valence-corrected chi connectivity index (χ2v) is 2.78. The predicted octanol–water partition coefficient (Wildman–Crippen LogP) is 1.17. The van der Waals surface area contributed by atoms with Crippen LogP contribution in [-0.4, -0.2) is 26.3 Å². The Morgan fingerprint density at radius 2 is 1.70 bits per heavy atom. The summed E-state index contributed by atoms with van der Waals surface area (Å²) in [6, 6.07) is 0. The topological polar surface area (TPSA) is 21.3 Å². The first-order valence-electron chi connectivity index (χ1n) is 4.28. The molecule has 2 heteroatoms. The summed E-state index contributed by atoms with van der Waals surface area (Å²) in [4.78, 5) is 0. The van der Waals surface area contributed by atoms with Crippen molar-refractivity contribution in [3.8, 4) is 0 Å². The number of hydrogen-bond donors (Lipinski definition) is 1. The third-order valence-electron chi connectivity index (χ3n) is 1.82. The molecule has 60 valence electrons. The van der Waals surface area contributed by atoms with Crippen LogP contribution in [0.15, 0.2) is 0 Å². The van der Waals surface area contributed by atoms with Crippen LogP contribution >= 0.6 is 0 Å². The van der Waals surface area contributed by atoms with Gasteiger partial charge in [-0.1, -0.05) is 12.8 Å². The van der Waals surface area contributed by atoms with E-state index in [1.54, 1.807) is 0 Å². The molecular weight excluding hydrogens is 126 g/mol. The second kappa shape index (κ2) is 5.69. The quantitative estimate of drug-likeness (QED) is 0.549. The summed E-state index contributed by atoms with van der Waals surface area (Å²) in [6.45, 7) is 4.05. The van der Waals surface area contributed by atoms with Crippen molar-refractivity contribution in [3.05, 3.63) is 0 Å². The van der Waals surface area contributed by atoms with Crippen molar-refractivity contribution in [3.63, 3.8) is 0 Å². The largest absolute Gasteiger partial charge is 0.380 e. The number of nitrogens with one attached hydrogen (secondary N) is 1. The third-order valence-corrected chi connectivity index (χ3v) is 1.82. The zero-order valence-corrected chi connectivity index (χ0v) is 6.57. The second-order valence-electron chi connectivity index (χ2n) is 2.78. The zero-order valence-electron chi connectivity index (χ0n) is 6.57. The lowest BCUT2D eigenvalue weighted by atomic mass is 10.2. The van der Waals surface area contributed by atoms with Crippen LogP contribution in [0.4, 0.5) is 0 Å². The Balaban J connectivity index is 2.00. The van der Waals surface area contributed by atoms with E-state index in [1.807, 2.05) is 0 Å². The van der Waals surface area contributed by atoms with Crippen LogP contribution < -0.4 is 5.32 Å². The molecule has 0 bridgehead atoms. The molecule has 1 fully saturated rings. The normalized spacial score (nSPS) is 24.0. The molecule has 0 saturated carbocycles. The molecule has 0 amide bonds. The Morgan fingerprint density at radius 1 is 0.800 bits per heavy atom. The minimum absolute atomic E-state index is 0.889. The highest BCUT2D eigenvalue weighted by Gasteiger charge is 1.94. The van der Waals surface area contributed by atoms with E-state index in [2.05, 4.69) is 5.32 Å². The molecule has 1 rings (SSSR count). The average molecular weight is 143 g/mol. The minimum atomic E-state index is 0.889. The molecule has 0 aromatic carbocycles. The van der Waals surface area contributed by atoms with Crippen LogP contribution in [-0.2, 0) is 4.74 Å². The van der Waals surface area contributed by atoms with Gasteiger partial charge in [-0.15, -0.1) is 0 Å². The molecule has 1 heterocycles. The van der Waals surface area contributed by atoms with Gasteiger partial charge >= 0.3 is 0 Å². The first kappa shape index (κ1) is 8.02. The van der Waals surface area contributed by atoms with Crippen molar-refractivity contribution in [2.45, 2.75) is 25.7 Å². The van der Waals surface area contributed by atoms with Crippen LogP contribution in [0.5, 0.6) is 0 Å². The van der Waals surface area contributed by atoms with Crippen molar-refractivity contribution in [2.75, 3.05) is 26.3 Å². The molecular formula is C8H17NO. The van der Waals surface area contributed by atoms with Crippen molar-refractivity contribution < 1.29 is 4.74 Å². The Morgan fingerprint density at radius 3 is 2.70 bits per heavy atom. The molecule has 1 saturated heterocycles. The summed E-state index contributed by atoms with van der Waals surface area (Å²) < 4.78 is 5.35. The van der Waals surface area contributed by atoms with Gasteiger partial charge in [0, 0.05) is 13.2 Å². The smallest absolute Gasteiger partial charge is 0.0590 e. The van der Waals surface area contributed by atoms with Gasteiger partial charge < -0.3 is 10.1 Å². The van der Waals surface area contributed by atoms with E-state index in [0.717, 1.165) is 19.8 Å². The average Bonchev–Trinajstić information content (AvgIpc) is 2.01. The monoisotopic (exact) mass is 143 g/mol. The molecule has 1 aliphatic rings. The van der Waals surface area contributed by atoms with Crippen LogP contribution in [0.3, 0.4) is 0 Å². The van der Waals surface area contributed by atoms with Gasteiger partial charge in [-0.25, -0.2) is 0 Å². The maximum absolute atomic E-state index is 5.35. The summed E-state index contributed by atoms with van der Waals surface area (Å²) in [7, 11) is 0. The van der Waals surface area contributed by atoms with Gasteiger partial charge in [0.15, 0.2) is 0 Å². The molecule has 0 aromatic rings. The lowest BCUT2D eigenvalue weighted by molar-refractivity contribution is 0.129. The maximum atomic E-state index is 5.35. The maximum Gasteiger partial charge on any atom is 0.0590 e. The van der Waals surface area contributed by atoms with E-state index in [0.29, 0.717) is 0 Å². The van der Waals surface area contributed by atoms with Gasteiger partial charge in [-0.2, -0.15) is 0 Å². The SMILES string of the molecule is C1CCCOCCNCC1. The van der Waals surface area contributed by atoms with E-state index >= 15 is 0 Å². The number of ether oxygens (including phenoxy) is 1. The van der Waals surface area contributed by atoms with E-state index in [9.17, 15) is 0 Å². The third kappa shape index (κ3) is 3.85. The van der Waals surface area contributed by atoms with E-state index in [1.165, 1.54) is 32.2 Å². The first-order valence-corrected chi connectivity index (χ1v) is 4.28. The molecule has 10 heavy (non-hydrogen) atoms. The predicted molar refractivity (Wildman–Crippen MR) is 42.2 cm³/mol. The molecule has 0 unspecified atom stereocenters. The Kier molecular flexibility index (Phi) is 4.56. The van der Waals surface area contributed by atoms with Crippen LogP contribution in [0.1, 0.15) is 25.7 Å². The van der Waals surface area contributed by atoms with Crippen molar-refractivity contribution in [1.29, 1.82) is 0 Å². The highest BCUT2D eigenvalue weighted by Crippen LogP contribution is 1.99. The molecule has 1 N–H and O–H groups in total. The fourth-order valence-corrected chi connectivity index (χ4v) is 1.18. The standard InChI is InChI=1S/C8H17NO/c1-2-4-7-10-8-6-9-5-3-1/h9H,1-8H2. The van der Waals surface area contributed by atoms with Gasteiger partial charge in [-0.05, 0) is 19.4 Å². The first-order chi connectivity index (χ1) is 5.00. The summed E-state index contributed by atoms with van der Waals surface area (Å²) in [5, 5.41) is 3.33. The lowest BCUT2D eigenvalue weighted by Gasteiger charge is -2.08. The van der Waals surface area contributed by atoms with Crippen molar-refractivity contribution in [1.82, 2.24) is 5.32 Å². The Labute approximate surface area is 63.0 Å². The Hall–Kier alpha value is -0.0800. The van der Waals surface area contributed by atoms with Crippen molar-refractivity contribution in [2.24, 2.45) is 0 Å². The fourth-order valence-electron chi connectivity index (χ4n) is 1.18. The van der Waals surface area contributed by atoms with Gasteiger partial charge in [0.1, 0.15) is 0 Å². The zero-order chi connectivity index (χ0) is 7.07. The van der Waals surface area contributed by atoms with E-state index < -0.39 is 0 Å². The number of hydrogen-bond acceptors (Lipinski definition) is 2. The van der Waals surface area contributed by atoms with E-state index in [-0.39, 0.29) is 0 Å². The van der Waals surface area contributed by atoms with Gasteiger partial charge in [0.25, 0.3) is 0 Å². The minimum Gasteiger partial charge on any atom is -0.380 e. The lowest BCUT2D eigenvalue weighted by Crippen LogP contribution is -2.21. The molecule has 2 nitrogen and oxygen atoms in total.